The van der Waals surface area contributed by atoms with Gasteiger partial charge in [0.25, 0.3) is 5.91 Å². The topological polar surface area (TPSA) is 78.9 Å². The summed E-state index contributed by atoms with van der Waals surface area (Å²) in [5.41, 5.74) is 0.414. The Bertz CT molecular complexity index is 880. The number of aromatic hydroxyl groups is 1. The Kier molecular flexibility index (Phi) is 5.43. The van der Waals surface area contributed by atoms with Gasteiger partial charge >= 0.3 is 0 Å². The van der Waals surface area contributed by atoms with E-state index in [9.17, 15) is 14.7 Å². The van der Waals surface area contributed by atoms with Gasteiger partial charge in [0.1, 0.15) is 11.5 Å². The van der Waals surface area contributed by atoms with E-state index in [0.29, 0.717) is 37.4 Å². The van der Waals surface area contributed by atoms with Crippen molar-refractivity contribution in [2.75, 3.05) is 24.2 Å². The minimum Gasteiger partial charge on any atom is -0.506 e. The van der Waals surface area contributed by atoms with Crippen LogP contribution in [0.1, 0.15) is 12.8 Å². The number of nitrogens with zero attached hydrogens (tertiary/aromatic N) is 1. The van der Waals surface area contributed by atoms with Gasteiger partial charge in [-0.15, -0.1) is 11.8 Å². The number of amides is 2. The highest BCUT2D eigenvalue weighted by molar-refractivity contribution is 7.99. The molecule has 146 valence electrons. The normalized spacial score (nSPS) is 19.4. The van der Waals surface area contributed by atoms with Crippen molar-refractivity contribution in [2.24, 2.45) is 5.92 Å². The third-order valence-electron chi connectivity index (χ3n) is 5.12. The summed E-state index contributed by atoms with van der Waals surface area (Å²) < 4.78 is 5.89. The van der Waals surface area contributed by atoms with Crippen molar-refractivity contribution in [3.63, 3.8) is 0 Å². The van der Waals surface area contributed by atoms with E-state index < -0.39 is 6.10 Å². The fourth-order valence-electron chi connectivity index (χ4n) is 3.52. The molecular formula is C21H22N2O4S. The minimum absolute atomic E-state index is 0.0124. The molecule has 1 atom stereocenters. The summed E-state index contributed by atoms with van der Waals surface area (Å²) in [4.78, 5) is 28.2. The molecule has 0 saturated carbocycles. The van der Waals surface area contributed by atoms with Crippen LogP contribution in [0.4, 0.5) is 5.69 Å². The standard InChI is InChI=1S/C21H22N2O4S/c24-16-6-2-1-5-15(16)22-20(25)14-9-11-23(12-10-14)21(26)18-13-28-19-8-4-3-7-17(19)27-18/h1-8,14,18,24H,9-13H2,(H,22,25). The summed E-state index contributed by atoms with van der Waals surface area (Å²) in [6, 6.07) is 14.4. The lowest BCUT2D eigenvalue weighted by Crippen LogP contribution is -2.48. The Balaban J connectivity index is 1.31. The van der Waals surface area contributed by atoms with Crippen molar-refractivity contribution in [3.05, 3.63) is 48.5 Å². The first kappa shape index (κ1) is 18.7. The molecule has 4 rings (SSSR count). The Morgan fingerprint density at radius 3 is 2.57 bits per heavy atom. The van der Waals surface area contributed by atoms with Gasteiger partial charge in [-0.25, -0.2) is 0 Å². The lowest BCUT2D eigenvalue weighted by Gasteiger charge is -2.35. The molecule has 2 N–H and O–H groups in total. The average Bonchev–Trinajstić information content (AvgIpc) is 2.74. The van der Waals surface area contributed by atoms with Crippen LogP contribution in [-0.2, 0) is 9.59 Å². The number of ether oxygens (including phenoxy) is 1. The Hall–Kier alpha value is -2.67. The first-order valence-electron chi connectivity index (χ1n) is 9.38. The van der Waals surface area contributed by atoms with E-state index in [1.807, 2.05) is 24.3 Å². The molecule has 2 amide bonds. The molecule has 0 aliphatic carbocycles. The third-order valence-corrected chi connectivity index (χ3v) is 6.24. The molecule has 2 aliphatic heterocycles. The van der Waals surface area contributed by atoms with Crippen molar-refractivity contribution in [1.29, 1.82) is 0 Å². The van der Waals surface area contributed by atoms with Gasteiger partial charge in [-0.3, -0.25) is 9.59 Å². The van der Waals surface area contributed by atoms with Crippen molar-refractivity contribution in [3.8, 4) is 11.5 Å². The van der Waals surface area contributed by atoms with Crippen LogP contribution in [0, 0.1) is 5.92 Å². The fraction of sp³-hybridized carbons (Fsp3) is 0.333. The van der Waals surface area contributed by atoms with Crippen LogP contribution < -0.4 is 10.1 Å². The highest BCUT2D eigenvalue weighted by Gasteiger charge is 2.34. The number of carbonyl (C=O) groups excluding carboxylic acids is 2. The molecule has 0 aromatic heterocycles. The maximum atomic E-state index is 12.8. The number of carbonyl (C=O) groups is 2. The van der Waals surface area contributed by atoms with Gasteiger partial charge in [0.05, 0.1) is 5.69 Å². The van der Waals surface area contributed by atoms with E-state index in [4.69, 9.17) is 4.74 Å². The van der Waals surface area contributed by atoms with E-state index in [1.165, 1.54) is 6.07 Å². The first-order chi connectivity index (χ1) is 13.6. The number of thioether (sulfide) groups is 1. The van der Waals surface area contributed by atoms with Gasteiger partial charge in [0, 0.05) is 29.7 Å². The monoisotopic (exact) mass is 398 g/mol. The van der Waals surface area contributed by atoms with Crippen LogP contribution in [0.25, 0.3) is 0 Å². The number of para-hydroxylation sites is 3. The summed E-state index contributed by atoms with van der Waals surface area (Å²) in [6.07, 6.45) is 0.718. The molecule has 0 spiro atoms. The molecule has 0 radical (unpaired) electrons. The van der Waals surface area contributed by atoms with Crippen molar-refractivity contribution in [1.82, 2.24) is 4.90 Å². The van der Waals surface area contributed by atoms with E-state index in [-0.39, 0.29) is 23.5 Å². The predicted octanol–water partition coefficient (Wildman–Crippen LogP) is 3.12. The fourth-order valence-corrected chi connectivity index (χ4v) is 4.50. The Morgan fingerprint density at radius 2 is 1.79 bits per heavy atom. The number of nitrogens with one attached hydrogen (secondary N) is 1. The number of phenols is 1. The zero-order chi connectivity index (χ0) is 19.5. The number of phenolic OH excluding ortho intramolecular Hbond substituents is 1. The molecule has 6 nitrogen and oxygen atoms in total. The number of hydrogen-bond acceptors (Lipinski definition) is 5. The first-order valence-corrected chi connectivity index (χ1v) is 10.4. The number of anilines is 1. The van der Waals surface area contributed by atoms with Crippen LogP contribution in [0.3, 0.4) is 0 Å². The highest BCUT2D eigenvalue weighted by Crippen LogP contribution is 2.35. The maximum Gasteiger partial charge on any atom is 0.264 e. The molecule has 2 aliphatic rings. The van der Waals surface area contributed by atoms with Gasteiger partial charge in [-0.2, -0.15) is 0 Å². The van der Waals surface area contributed by atoms with Crippen LogP contribution in [0.15, 0.2) is 53.4 Å². The summed E-state index contributed by atoms with van der Waals surface area (Å²) in [6.45, 7) is 1.06. The third kappa shape index (κ3) is 3.94. The molecule has 7 heteroatoms. The predicted molar refractivity (Wildman–Crippen MR) is 108 cm³/mol. The lowest BCUT2D eigenvalue weighted by atomic mass is 9.95. The van der Waals surface area contributed by atoms with Gasteiger partial charge < -0.3 is 20.1 Å². The molecule has 28 heavy (non-hydrogen) atoms. The second kappa shape index (κ2) is 8.14. The van der Waals surface area contributed by atoms with Crippen LogP contribution in [0.5, 0.6) is 11.5 Å². The zero-order valence-corrected chi connectivity index (χ0v) is 16.2. The minimum atomic E-state index is -0.480. The molecule has 2 aromatic carbocycles. The summed E-state index contributed by atoms with van der Waals surface area (Å²) in [5.74, 6) is 1.10. The number of fused-ring (bicyclic) bond motifs is 1. The van der Waals surface area contributed by atoms with Gasteiger partial charge in [-0.05, 0) is 37.1 Å². The van der Waals surface area contributed by atoms with Crippen molar-refractivity contribution < 1.29 is 19.4 Å². The molecule has 0 bridgehead atoms. The summed E-state index contributed by atoms with van der Waals surface area (Å²) in [7, 11) is 0. The van der Waals surface area contributed by atoms with Gasteiger partial charge in [-0.1, -0.05) is 24.3 Å². The second-order valence-corrected chi connectivity index (χ2v) is 8.03. The van der Waals surface area contributed by atoms with E-state index in [1.54, 1.807) is 34.9 Å². The number of benzene rings is 2. The van der Waals surface area contributed by atoms with E-state index in [0.717, 1.165) is 10.6 Å². The molecular weight excluding hydrogens is 376 g/mol. The largest absolute Gasteiger partial charge is 0.506 e. The number of hydrogen-bond donors (Lipinski definition) is 2. The van der Waals surface area contributed by atoms with Gasteiger partial charge in [0.15, 0.2) is 6.10 Å². The van der Waals surface area contributed by atoms with E-state index in [2.05, 4.69) is 5.32 Å². The second-order valence-electron chi connectivity index (χ2n) is 6.97. The van der Waals surface area contributed by atoms with Crippen molar-refractivity contribution in [2.45, 2.75) is 23.8 Å². The summed E-state index contributed by atoms with van der Waals surface area (Å²) in [5, 5.41) is 12.6. The smallest absolute Gasteiger partial charge is 0.264 e. The number of piperidine rings is 1. The van der Waals surface area contributed by atoms with Crippen LogP contribution >= 0.6 is 11.8 Å². The maximum absolute atomic E-state index is 12.8. The zero-order valence-electron chi connectivity index (χ0n) is 15.3. The summed E-state index contributed by atoms with van der Waals surface area (Å²) >= 11 is 1.64. The van der Waals surface area contributed by atoms with Crippen molar-refractivity contribution >= 4 is 29.3 Å². The Labute approximate surface area is 167 Å². The quantitative estimate of drug-likeness (QED) is 0.777. The number of likely N-dealkylation sites (tertiary alicyclic amines) is 1. The average molecular weight is 398 g/mol. The molecule has 1 unspecified atom stereocenters. The molecule has 2 heterocycles. The number of rotatable bonds is 3. The SMILES string of the molecule is O=C(Nc1ccccc1O)C1CCN(C(=O)C2CSc3ccccc3O2)CC1. The lowest BCUT2D eigenvalue weighted by molar-refractivity contribution is -0.140. The van der Waals surface area contributed by atoms with Crippen LogP contribution in [-0.4, -0.2) is 46.8 Å². The Morgan fingerprint density at radius 1 is 1.07 bits per heavy atom. The van der Waals surface area contributed by atoms with Crippen LogP contribution in [0.2, 0.25) is 0 Å². The molecule has 2 aromatic rings. The molecule has 1 saturated heterocycles. The molecule has 1 fully saturated rings. The highest BCUT2D eigenvalue weighted by atomic mass is 32.2. The van der Waals surface area contributed by atoms with Gasteiger partial charge in [0.2, 0.25) is 5.91 Å². The van der Waals surface area contributed by atoms with E-state index >= 15 is 0 Å².